The molecule has 14 heavy (non-hydrogen) atoms. The molecule has 0 saturated heterocycles. The van der Waals surface area contributed by atoms with Crippen molar-refractivity contribution in [3.8, 4) is 6.07 Å². The van der Waals surface area contributed by atoms with E-state index in [4.69, 9.17) is 10.4 Å². The molecule has 0 atom stereocenters. The largest absolute Gasteiger partial charge is 0.392 e. The first-order valence-electron chi connectivity index (χ1n) is 4.30. The summed E-state index contributed by atoms with van der Waals surface area (Å²) in [7, 11) is 0. The van der Waals surface area contributed by atoms with Gasteiger partial charge in [-0.1, -0.05) is 12.1 Å². The monoisotopic (exact) mass is 203 g/mol. The normalized spacial score (nSPS) is 10.4. The van der Waals surface area contributed by atoms with Crippen LogP contribution in [-0.4, -0.2) is 5.11 Å². The fraction of sp³-hybridized carbons (Fsp3) is 0.182. The van der Waals surface area contributed by atoms with E-state index in [9.17, 15) is 0 Å². The van der Waals surface area contributed by atoms with Gasteiger partial charge < -0.3 is 5.11 Å². The van der Waals surface area contributed by atoms with Crippen LogP contribution in [-0.2, 0) is 6.61 Å². The van der Waals surface area contributed by atoms with E-state index in [1.54, 1.807) is 0 Å². The van der Waals surface area contributed by atoms with Gasteiger partial charge in [-0.15, -0.1) is 11.3 Å². The topological polar surface area (TPSA) is 44.0 Å². The molecule has 0 bridgehead atoms. The summed E-state index contributed by atoms with van der Waals surface area (Å²) in [6, 6.07) is 7.95. The summed E-state index contributed by atoms with van der Waals surface area (Å²) in [6.07, 6.45) is 0. The molecule has 0 unspecified atom stereocenters. The van der Waals surface area contributed by atoms with Crippen LogP contribution in [0.1, 0.15) is 16.0 Å². The zero-order valence-corrected chi connectivity index (χ0v) is 8.56. The Morgan fingerprint density at radius 3 is 2.93 bits per heavy atom. The van der Waals surface area contributed by atoms with Crippen LogP contribution in [0.3, 0.4) is 0 Å². The molecule has 0 amide bonds. The van der Waals surface area contributed by atoms with Crippen molar-refractivity contribution < 1.29 is 5.11 Å². The predicted molar refractivity (Wildman–Crippen MR) is 57.2 cm³/mol. The van der Waals surface area contributed by atoms with Crippen molar-refractivity contribution >= 4 is 21.4 Å². The van der Waals surface area contributed by atoms with E-state index in [1.165, 1.54) is 11.3 Å². The zero-order chi connectivity index (χ0) is 10.1. The molecule has 0 spiro atoms. The van der Waals surface area contributed by atoms with Gasteiger partial charge in [0.15, 0.2) is 0 Å². The van der Waals surface area contributed by atoms with Crippen LogP contribution in [0.15, 0.2) is 18.2 Å². The van der Waals surface area contributed by atoms with E-state index < -0.39 is 0 Å². The molecule has 2 nitrogen and oxygen atoms in total. The van der Waals surface area contributed by atoms with Gasteiger partial charge in [-0.3, -0.25) is 0 Å². The number of nitrogens with zero attached hydrogens (tertiary/aromatic N) is 1. The van der Waals surface area contributed by atoms with Gasteiger partial charge in [0, 0.05) is 10.1 Å². The lowest BCUT2D eigenvalue weighted by Crippen LogP contribution is -1.84. The number of hydrogen-bond donors (Lipinski definition) is 1. The molecule has 0 radical (unpaired) electrons. The van der Waals surface area contributed by atoms with Gasteiger partial charge in [-0.2, -0.15) is 5.26 Å². The standard InChI is InChI=1S/C11H9NOS/c1-7-10(5-12)14-9-4-2-3-8(6-13)11(7)9/h2-4,13H,6H2,1H3. The minimum Gasteiger partial charge on any atom is -0.392 e. The maximum absolute atomic E-state index is 9.16. The maximum atomic E-state index is 9.16. The van der Waals surface area contributed by atoms with E-state index in [0.29, 0.717) is 0 Å². The van der Waals surface area contributed by atoms with Crippen molar-refractivity contribution in [3.63, 3.8) is 0 Å². The number of aryl methyl sites for hydroxylation is 1. The van der Waals surface area contributed by atoms with Gasteiger partial charge in [0.2, 0.25) is 0 Å². The highest BCUT2D eigenvalue weighted by atomic mass is 32.1. The number of benzene rings is 1. The van der Waals surface area contributed by atoms with Crippen molar-refractivity contribution in [3.05, 3.63) is 34.2 Å². The highest BCUT2D eigenvalue weighted by Gasteiger charge is 2.10. The van der Waals surface area contributed by atoms with Crippen LogP contribution >= 0.6 is 11.3 Å². The zero-order valence-electron chi connectivity index (χ0n) is 7.74. The Morgan fingerprint density at radius 1 is 1.50 bits per heavy atom. The molecule has 2 rings (SSSR count). The number of aliphatic hydroxyl groups is 1. The summed E-state index contributed by atoms with van der Waals surface area (Å²) >= 11 is 1.48. The lowest BCUT2D eigenvalue weighted by atomic mass is 10.1. The van der Waals surface area contributed by atoms with Crippen molar-refractivity contribution in [1.82, 2.24) is 0 Å². The molecular formula is C11H9NOS. The number of hydrogen-bond acceptors (Lipinski definition) is 3. The average Bonchev–Trinajstić information content (AvgIpc) is 2.55. The van der Waals surface area contributed by atoms with Crippen molar-refractivity contribution in [1.29, 1.82) is 5.26 Å². The smallest absolute Gasteiger partial charge is 0.110 e. The number of rotatable bonds is 1. The highest BCUT2D eigenvalue weighted by molar-refractivity contribution is 7.19. The maximum Gasteiger partial charge on any atom is 0.110 e. The summed E-state index contributed by atoms with van der Waals surface area (Å²) in [4.78, 5) is 0.737. The Hall–Kier alpha value is -1.37. The molecule has 1 aromatic heterocycles. The summed E-state index contributed by atoms with van der Waals surface area (Å²) in [5.41, 5.74) is 1.88. The third-order valence-corrected chi connectivity index (χ3v) is 3.47. The lowest BCUT2D eigenvalue weighted by molar-refractivity contribution is 0.283. The molecule has 0 saturated carbocycles. The number of aliphatic hydroxyl groups excluding tert-OH is 1. The Balaban J connectivity index is 2.87. The Morgan fingerprint density at radius 2 is 2.29 bits per heavy atom. The Labute approximate surface area is 86.0 Å². The van der Waals surface area contributed by atoms with Crippen molar-refractivity contribution in [2.45, 2.75) is 13.5 Å². The minimum absolute atomic E-state index is 0.0276. The highest BCUT2D eigenvalue weighted by Crippen LogP contribution is 2.32. The molecule has 1 heterocycles. The van der Waals surface area contributed by atoms with E-state index in [0.717, 1.165) is 26.1 Å². The molecule has 1 aromatic carbocycles. The quantitative estimate of drug-likeness (QED) is 0.774. The van der Waals surface area contributed by atoms with Crippen LogP contribution < -0.4 is 0 Å². The molecule has 1 N–H and O–H groups in total. The van der Waals surface area contributed by atoms with Crippen LogP contribution in [0.4, 0.5) is 0 Å². The van der Waals surface area contributed by atoms with Crippen LogP contribution in [0.2, 0.25) is 0 Å². The number of fused-ring (bicyclic) bond motifs is 1. The van der Waals surface area contributed by atoms with Gasteiger partial charge >= 0.3 is 0 Å². The second kappa shape index (κ2) is 3.41. The van der Waals surface area contributed by atoms with Crippen LogP contribution in [0, 0.1) is 18.3 Å². The molecular weight excluding hydrogens is 194 g/mol. The fourth-order valence-corrected chi connectivity index (χ4v) is 2.68. The van der Waals surface area contributed by atoms with Crippen molar-refractivity contribution in [2.75, 3.05) is 0 Å². The minimum atomic E-state index is 0.0276. The third-order valence-electron chi connectivity index (χ3n) is 2.31. The van der Waals surface area contributed by atoms with Crippen molar-refractivity contribution in [2.24, 2.45) is 0 Å². The van der Waals surface area contributed by atoms with E-state index >= 15 is 0 Å². The molecule has 0 aliphatic heterocycles. The van der Waals surface area contributed by atoms with Gasteiger partial charge in [0.25, 0.3) is 0 Å². The third kappa shape index (κ3) is 1.20. The fourth-order valence-electron chi connectivity index (χ4n) is 1.63. The molecule has 0 aliphatic rings. The molecule has 70 valence electrons. The first-order valence-corrected chi connectivity index (χ1v) is 5.11. The Bertz CT molecular complexity index is 522. The molecule has 0 fully saturated rings. The van der Waals surface area contributed by atoms with E-state index in [-0.39, 0.29) is 6.61 Å². The summed E-state index contributed by atoms with van der Waals surface area (Å²) in [6.45, 7) is 1.95. The lowest BCUT2D eigenvalue weighted by Gasteiger charge is -1.99. The summed E-state index contributed by atoms with van der Waals surface area (Å²) in [5.74, 6) is 0. The van der Waals surface area contributed by atoms with E-state index in [1.807, 2.05) is 25.1 Å². The van der Waals surface area contributed by atoms with Crippen LogP contribution in [0.25, 0.3) is 10.1 Å². The average molecular weight is 203 g/mol. The van der Waals surface area contributed by atoms with Gasteiger partial charge in [-0.25, -0.2) is 0 Å². The first kappa shape index (κ1) is 9.20. The SMILES string of the molecule is Cc1c(C#N)sc2cccc(CO)c12. The van der Waals surface area contributed by atoms with Gasteiger partial charge in [0.1, 0.15) is 10.9 Å². The summed E-state index contributed by atoms with van der Waals surface area (Å²) in [5, 5.41) is 19.1. The molecule has 0 aliphatic carbocycles. The second-order valence-corrected chi connectivity index (χ2v) is 4.17. The van der Waals surface area contributed by atoms with Gasteiger partial charge in [0.05, 0.1) is 6.61 Å². The van der Waals surface area contributed by atoms with Gasteiger partial charge in [-0.05, 0) is 24.1 Å². The predicted octanol–water partition coefficient (Wildman–Crippen LogP) is 2.57. The Kier molecular flexibility index (Phi) is 2.24. The second-order valence-electron chi connectivity index (χ2n) is 3.12. The van der Waals surface area contributed by atoms with Crippen LogP contribution in [0.5, 0.6) is 0 Å². The summed E-state index contributed by atoms with van der Waals surface area (Å²) < 4.78 is 1.07. The molecule has 3 heteroatoms. The van der Waals surface area contributed by atoms with E-state index in [2.05, 4.69) is 6.07 Å². The number of thiophene rings is 1. The number of nitriles is 1. The molecule has 2 aromatic rings. The first-order chi connectivity index (χ1) is 6.77.